The summed E-state index contributed by atoms with van der Waals surface area (Å²) in [4.78, 5) is 60.4. The topological polar surface area (TPSA) is 176 Å². The van der Waals surface area contributed by atoms with Gasteiger partial charge >= 0.3 is 5.97 Å². The van der Waals surface area contributed by atoms with E-state index in [1.165, 1.54) is 39.8 Å². The number of aromatic nitrogens is 3. The van der Waals surface area contributed by atoms with Gasteiger partial charge in [0.05, 0.1) is 0 Å². The van der Waals surface area contributed by atoms with Gasteiger partial charge in [-0.15, -0.1) is 33.3 Å². The molecule has 0 bridgehead atoms. The third-order valence-corrected chi connectivity index (χ3v) is 9.94. The minimum absolute atomic E-state index is 0.0725. The number of nitrogens with one attached hydrogen (secondary N) is 2. The molecule has 2 aromatic rings. The third kappa shape index (κ3) is 6.00. The minimum atomic E-state index is -1.21. The number of rotatable bonds is 11. The van der Waals surface area contributed by atoms with Crippen LogP contribution in [0.15, 0.2) is 43.8 Å². The monoisotopic (exact) mass is 607 g/mol. The van der Waals surface area contributed by atoms with Gasteiger partial charge in [-0.3, -0.25) is 19.3 Å². The number of thiazole rings is 1. The Bertz CT molecular complexity index is 1360. The zero-order valence-corrected chi connectivity index (χ0v) is 23.3. The van der Waals surface area contributed by atoms with E-state index < -0.39 is 29.2 Å². The summed E-state index contributed by atoms with van der Waals surface area (Å²) in [5, 5.41) is 28.0. The maximum atomic E-state index is 13.3. The number of hydrogen-bond donors (Lipinski definition) is 3. The number of hydrogen-bond acceptors (Lipinski definition) is 13. The molecule has 2 aliphatic heterocycles. The van der Waals surface area contributed by atoms with Gasteiger partial charge in [0, 0.05) is 16.9 Å². The molecule has 39 heavy (non-hydrogen) atoms. The van der Waals surface area contributed by atoms with Crippen LogP contribution in [0.25, 0.3) is 0 Å². The van der Waals surface area contributed by atoms with E-state index in [9.17, 15) is 24.3 Å². The van der Waals surface area contributed by atoms with Crippen molar-refractivity contribution in [1.29, 1.82) is 0 Å². The summed E-state index contributed by atoms with van der Waals surface area (Å²) < 4.78 is 0.700. The highest BCUT2D eigenvalue weighted by molar-refractivity contribution is 8.01. The Morgan fingerprint density at radius 1 is 1.36 bits per heavy atom. The highest BCUT2D eigenvalue weighted by Gasteiger charge is 2.54. The highest BCUT2D eigenvalue weighted by Crippen LogP contribution is 2.41. The zero-order valence-electron chi connectivity index (χ0n) is 20.0. The predicted octanol–water partition coefficient (Wildman–Crippen LogP) is 1.92. The van der Waals surface area contributed by atoms with Crippen molar-refractivity contribution < 1.29 is 29.1 Å². The van der Waals surface area contributed by atoms with Crippen LogP contribution in [0.4, 0.5) is 5.13 Å². The van der Waals surface area contributed by atoms with Crippen LogP contribution < -0.4 is 10.6 Å². The van der Waals surface area contributed by atoms with Crippen molar-refractivity contribution in [2.75, 3.05) is 16.8 Å². The molecule has 3 atom stereocenters. The maximum absolute atomic E-state index is 13.3. The van der Waals surface area contributed by atoms with Crippen LogP contribution in [0, 0.1) is 0 Å². The van der Waals surface area contributed by atoms with E-state index in [-0.39, 0.29) is 28.3 Å². The molecule has 4 heterocycles. The summed E-state index contributed by atoms with van der Waals surface area (Å²) >= 11 is 5.17. The number of nitrogens with zero attached hydrogens (tertiary/aromatic N) is 5. The number of carboxylic acids is 1. The van der Waals surface area contributed by atoms with Crippen molar-refractivity contribution in [2.45, 2.75) is 41.1 Å². The zero-order chi connectivity index (χ0) is 27.4. The number of thioether (sulfide) groups is 2. The smallest absolute Gasteiger partial charge is 0.352 e. The van der Waals surface area contributed by atoms with Gasteiger partial charge < -0.3 is 20.6 Å². The van der Waals surface area contributed by atoms with Gasteiger partial charge in [0.25, 0.3) is 11.8 Å². The Morgan fingerprint density at radius 3 is 2.95 bits per heavy atom. The normalized spacial score (nSPS) is 22.7. The van der Waals surface area contributed by atoms with Gasteiger partial charge in [-0.25, -0.2) is 9.78 Å². The number of aliphatic carboxylic acids is 1. The van der Waals surface area contributed by atoms with Gasteiger partial charge in [-0.2, -0.15) is 0 Å². The number of oxime groups is 1. The molecule has 2 unspecified atom stereocenters. The molecule has 1 aliphatic carbocycles. The van der Waals surface area contributed by atoms with Crippen LogP contribution >= 0.6 is 46.2 Å². The molecular weight excluding hydrogens is 587 g/mol. The van der Waals surface area contributed by atoms with Crippen LogP contribution in [-0.4, -0.2) is 84.1 Å². The SMILES string of the molecule is O=CNc1nc(/C(=N/OC2C=CCCC2)C(=O)NC2C(=O)N3C(C(=O)O)=C(CSc4nncs4)CS[C@H]23)cs1. The van der Waals surface area contributed by atoms with Crippen molar-refractivity contribution in [3.8, 4) is 0 Å². The van der Waals surface area contributed by atoms with Crippen LogP contribution in [0.3, 0.4) is 0 Å². The standard InChI is InChI=1S/C22H21N7O6S4/c30-9-23-21-25-13(8-37-21)14(28-35-12-4-2-1-3-5-12)17(31)26-15-18(32)29-16(20(33)34)11(6-36-19(15)29)7-38-22-27-24-10-39-22/h2,4,8-10,12,15,19H,1,3,5-7H2,(H,26,31)(H,33,34)(H,23,25,30)/b28-14-/t12?,15?,19-/m1/s1. The molecule has 1 saturated heterocycles. The summed E-state index contributed by atoms with van der Waals surface area (Å²) in [6.07, 6.45) is 6.63. The first-order valence-corrected chi connectivity index (χ1v) is 15.4. The average molecular weight is 608 g/mol. The number of fused-ring (bicyclic) bond motifs is 1. The first-order chi connectivity index (χ1) is 19.0. The van der Waals surface area contributed by atoms with Gasteiger partial charge in [0.2, 0.25) is 6.41 Å². The molecule has 3 N–H and O–H groups in total. The van der Waals surface area contributed by atoms with Crippen molar-refractivity contribution in [3.05, 3.63) is 40.0 Å². The number of allylic oxidation sites excluding steroid dienone is 1. The molecule has 0 saturated carbocycles. The quantitative estimate of drug-likeness (QED) is 0.0850. The molecule has 0 aromatic carbocycles. The number of carboxylic acid groups (broad SMARTS) is 1. The Hall–Kier alpha value is -3.28. The van der Waals surface area contributed by atoms with E-state index in [1.807, 2.05) is 12.2 Å². The number of amides is 3. The van der Waals surface area contributed by atoms with Crippen LogP contribution in [-0.2, 0) is 24.0 Å². The summed E-state index contributed by atoms with van der Waals surface area (Å²) in [5.41, 5.74) is 2.13. The second-order valence-corrected chi connectivity index (χ2v) is 12.4. The van der Waals surface area contributed by atoms with Gasteiger partial charge in [0.15, 0.2) is 15.2 Å². The Kier molecular flexibility index (Phi) is 8.59. The van der Waals surface area contributed by atoms with E-state index in [4.69, 9.17) is 4.84 Å². The highest BCUT2D eigenvalue weighted by atomic mass is 32.2. The third-order valence-electron chi connectivity index (χ3n) is 5.88. The van der Waals surface area contributed by atoms with E-state index in [2.05, 4.69) is 31.0 Å². The molecule has 0 radical (unpaired) electrons. The predicted molar refractivity (Wildman–Crippen MR) is 147 cm³/mol. The van der Waals surface area contributed by atoms with Crippen molar-refractivity contribution in [2.24, 2.45) is 5.16 Å². The van der Waals surface area contributed by atoms with E-state index >= 15 is 0 Å². The molecule has 2 aromatic heterocycles. The number of carbonyl (C=O) groups excluding carboxylic acids is 3. The maximum Gasteiger partial charge on any atom is 0.352 e. The summed E-state index contributed by atoms with van der Waals surface area (Å²) in [6, 6.07) is -0.958. The van der Waals surface area contributed by atoms with Gasteiger partial charge in [-0.05, 0) is 30.9 Å². The minimum Gasteiger partial charge on any atom is -0.477 e. The first-order valence-electron chi connectivity index (χ1n) is 11.6. The van der Waals surface area contributed by atoms with Gasteiger partial charge in [-0.1, -0.05) is 34.3 Å². The molecule has 204 valence electrons. The first kappa shape index (κ1) is 27.3. The molecule has 1 fully saturated rings. The lowest BCUT2D eigenvalue weighted by Crippen LogP contribution is -2.71. The fourth-order valence-electron chi connectivity index (χ4n) is 4.07. The van der Waals surface area contributed by atoms with Crippen molar-refractivity contribution in [1.82, 2.24) is 25.4 Å². The van der Waals surface area contributed by atoms with Crippen LogP contribution in [0.1, 0.15) is 25.0 Å². The molecule has 5 rings (SSSR count). The molecule has 3 amide bonds. The van der Waals surface area contributed by atoms with E-state index in [1.54, 1.807) is 10.9 Å². The van der Waals surface area contributed by atoms with Crippen LogP contribution in [0.2, 0.25) is 0 Å². The fourth-order valence-corrected chi connectivity index (χ4v) is 7.70. The largest absolute Gasteiger partial charge is 0.477 e. The summed E-state index contributed by atoms with van der Waals surface area (Å²) in [6.45, 7) is 0. The van der Waals surface area contributed by atoms with Crippen LogP contribution in [0.5, 0.6) is 0 Å². The molecule has 0 spiro atoms. The van der Waals surface area contributed by atoms with E-state index in [0.29, 0.717) is 27.8 Å². The second-order valence-electron chi connectivity index (χ2n) is 8.35. The van der Waals surface area contributed by atoms with Gasteiger partial charge in [0.1, 0.15) is 34.4 Å². The molecule has 13 nitrogen and oxygen atoms in total. The molecule has 17 heteroatoms. The lowest BCUT2D eigenvalue weighted by atomic mass is 10.0. The second kappa shape index (κ2) is 12.3. The lowest BCUT2D eigenvalue weighted by molar-refractivity contribution is -0.150. The molecular formula is C22H21N7O6S4. The summed E-state index contributed by atoms with van der Waals surface area (Å²) in [5.74, 6) is -1.72. The fraction of sp³-hybridized carbons (Fsp3) is 0.364. The van der Waals surface area contributed by atoms with Crippen molar-refractivity contribution in [3.63, 3.8) is 0 Å². The summed E-state index contributed by atoms with van der Waals surface area (Å²) in [7, 11) is 0. The van der Waals surface area contributed by atoms with E-state index in [0.717, 1.165) is 30.6 Å². The van der Waals surface area contributed by atoms with Crippen molar-refractivity contribution >= 4 is 81.2 Å². The Balaban J connectivity index is 1.32. The number of carbonyl (C=O) groups is 4. The number of anilines is 1. The molecule has 3 aliphatic rings. The lowest BCUT2D eigenvalue weighted by Gasteiger charge is -2.49. The Morgan fingerprint density at radius 2 is 2.23 bits per heavy atom. The average Bonchev–Trinajstić information content (AvgIpc) is 3.63. The number of β-lactam (4-membered cyclic amide) rings is 1. The Labute approximate surface area is 238 Å².